The summed E-state index contributed by atoms with van der Waals surface area (Å²) < 4.78 is 9.76. The predicted molar refractivity (Wildman–Crippen MR) is 102 cm³/mol. The van der Waals surface area contributed by atoms with Gasteiger partial charge in [0.25, 0.3) is 5.91 Å². The van der Waals surface area contributed by atoms with Crippen LogP contribution in [0.4, 0.5) is 16.2 Å². The van der Waals surface area contributed by atoms with Crippen molar-refractivity contribution in [3.63, 3.8) is 0 Å². The van der Waals surface area contributed by atoms with E-state index in [2.05, 4.69) is 10.6 Å². The monoisotopic (exact) mass is 390 g/mol. The molecule has 0 spiro atoms. The van der Waals surface area contributed by atoms with Crippen molar-refractivity contribution in [3.05, 3.63) is 58.6 Å². The number of carbonyl (C=O) groups is 3. The molecule has 2 N–H and O–H groups in total. The number of nitrogens with one attached hydrogen (secondary N) is 2. The smallest absolute Gasteiger partial charge is 0.411 e. The minimum Gasteiger partial charge on any atom is -0.452 e. The molecule has 0 radical (unpaired) electrons. The van der Waals surface area contributed by atoms with Gasteiger partial charge in [-0.2, -0.15) is 0 Å². The number of carbonyl (C=O) groups excluding carboxylic acids is 3. The molecule has 0 heterocycles. The third-order valence-corrected chi connectivity index (χ3v) is 3.82. The molecule has 142 valence electrons. The summed E-state index contributed by atoms with van der Waals surface area (Å²) in [6.07, 6.45) is -0.626. The van der Waals surface area contributed by atoms with Gasteiger partial charge in [-0.1, -0.05) is 23.7 Å². The largest absolute Gasteiger partial charge is 0.452 e. The number of benzene rings is 2. The molecule has 2 aromatic rings. The second-order valence-corrected chi connectivity index (χ2v) is 5.92. The maximum Gasteiger partial charge on any atom is 0.411 e. The van der Waals surface area contributed by atoms with Crippen LogP contribution in [-0.2, 0) is 14.3 Å². The molecule has 0 aromatic heterocycles. The highest BCUT2D eigenvalue weighted by Crippen LogP contribution is 2.20. The topological polar surface area (TPSA) is 93.7 Å². The maximum absolute atomic E-state index is 12.1. The number of anilines is 2. The summed E-state index contributed by atoms with van der Waals surface area (Å²) in [6.45, 7) is 3.30. The van der Waals surface area contributed by atoms with E-state index in [1.807, 2.05) is 6.92 Å². The van der Waals surface area contributed by atoms with E-state index in [-0.39, 0.29) is 12.2 Å². The van der Waals surface area contributed by atoms with Crippen LogP contribution >= 0.6 is 11.6 Å². The lowest BCUT2D eigenvalue weighted by Crippen LogP contribution is -2.21. The molecule has 0 aliphatic carbocycles. The number of esters is 1. The van der Waals surface area contributed by atoms with Gasteiger partial charge in [-0.15, -0.1) is 0 Å². The molecule has 8 heteroatoms. The van der Waals surface area contributed by atoms with E-state index in [0.29, 0.717) is 16.4 Å². The SMILES string of the molecule is CCOC(=O)Nc1cccc(C(=O)OCC(=O)Nc2ccc(C)c(Cl)c2)c1. The summed E-state index contributed by atoms with van der Waals surface area (Å²) in [5.74, 6) is -1.19. The highest BCUT2D eigenvalue weighted by Gasteiger charge is 2.12. The van der Waals surface area contributed by atoms with Crippen LogP contribution in [0.1, 0.15) is 22.8 Å². The van der Waals surface area contributed by atoms with Crippen LogP contribution in [0.25, 0.3) is 0 Å². The third-order valence-electron chi connectivity index (χ3n) is 3.41. The standard InChI is InChI=1S/C19H19ClN2O5/c1-3-26-19(25)22-14-6-4-5-13(9-14)18(24)27-11-17(23)21-15-8-7-12(2)16(20)10-15/h4-10H,3,11H2,1-2H3,(H,21,23)(H,22,25). The fourth-order valence-electron chi connectivity index (χ4n) is 2.09. The van der Waals surface area contributed by atoms with E-state index in [1.54, 1.807) is 37.3 Å². The Hall–Kier alpha value is -3.06. The van der Waals surface area contributed by atoms with Gasteiger partial charge in [0.1, 0.15) is 0 Å². The summed E-state index contributed by atoms with van der Waals surface area (Å²) in [5.41, 5.74) is 1.96. The van der Waals surface area contributed by atoms with Gasteiger partial charge in [-0.05, 0) is 49.7 Å². The van der Waals surface area contributed by atoms with Gasteiger partial charge in [0.15, 0.2) is 6.61 Å². The first kappa shape index (κ1) is 20.3. The van der Waals surface area contributed by atoms with Crippen LogP contribution < -0.4 is 10.6 Å². The minimum absolute atomic E-state index is 0.190. The fraction of sp³-hybridized carbons (Fsp3) is 0.211. The van der Waals surface area contributed by atoms with Crippen LogP contribution in [-0.4, -0.2) is 31.2 Å². The number of rotatable bonds is 6. The van der Waals surface area contributed by atoms with E-state index in [1.165, 1.54) is 12.1 Å². The van der Waals surface area contributed by atoms with Crippen molar-refractivity contribution < 1.29 is 23.9 Å². The molecule has 7 nitrogen and oxygen atoms in total. The Morgan fingerprint density at radius 3 is 2.44 bits per heavy atom. The van der Waals surface area contributed by atoms with Crippen molar-refractivity contribution in [1.29, 1.82) is 0 Å². The summed E-state index contributed by atoms with van der Waals surface area (Å²) >= 11 is 6.00. The number of hydrogen-bond acceptors (Lipinski definition) is 5. The van der Waals surface area contributed by atoms with E-state index in [4.69, 9.17) is 21.1 Å². The van der Waals surface area contributed by atoms with Gasteiger partial charge in [0, 0.05) is 16.4 Å². The summed E-state index contributed by atoms with van der Waals surface area (Å²) in [4.78, 5) is 35.4. The van der Waals surface area contributed by atoms with E-state index in [0.717, 1.165) is 5.56 Å². The van der Waals surface area contributed by atoms with Gasteiger partial charge in [0.05, 0.1) is 12.2 Å². The van der Waals surface area contributed by atoms with Gasteiger partial charge in [-0.3, -0.25) is 10.1 Å². The highest BCUT2D eigenvalue weighted by molar-refractivity contribution is 6.31. The molecule has 2 rings (SSSR count). The average Bonchev–Trinajstić information content (AvgIpc) is 2.63. The first-order chi connectivity index (χ1) is 12.9. The minimum atomic E-state index is -0.695. The van der Waals surface area contributed by atoms with Crippen LogP contribution in [0.2, 0.25) is 5.02 Å². The normalized spacial score (nSPS) is 10.0. The van der Waals surface area contributed by atoms with Gasteiger partial charge in [0.2, 0.25) is 0 Å². The molecule has 0 atom stereocenters. The number of ether oxygens (including phenoxy) is 2. The van der Waals surface area contributed by atoms with Gasteiger partial charge >= 0.3 is 12.1 Å². The summed E-state index contributed by atoms with van der Waals surface area (Å²) in [7, 11) is 0. The molecule has 0 aliphatic rings. The lowest BCUT2D eigenvalue weighted by atomic mass is 10.2. The van der Waals surface area contributed by atoms with Crippen LogP contribution in [0.15, 0.2) is 42.5 Å². The van der Waals surface area contributed by atoms with Gasteiger partial charge < -0.3 is 14.8 Å². The van der Waals surface area contributed by atoms with Crippen LogP contribution in [0.3, 0.4) is 0 Å². The Balaban J connectivity index is 1.90. The Morgan fingerprint density at radius 1 is 1.00 bits per heavy atom. The summed E-state index contributed by atoms with van der Waals surface area (Å²) in [6, 6.07) is 11.2. The zero-order valence-corrected chi connectivity index (χ0v) is 15.6. The average molecular weight is 391 g/mol. The lowest BCUT2D eigenvalue weighted by molar-refractivity contribution is -0.119. The van der Waals surface area contributed by atoms with Crippen molar-refractivity contribution in [2.45, 2.75) is 13.8 Å². The molecule has 0 aliphatic heterocycles. The van der Waals surface area contributed by atoms with Crippen LogP contribution in [0.5, 0.6) is 0 Å². The van der Waals surface area contributed by atoms with Crippen molar-refractivity contribution >= 4 is 40.9 Å². The number of amides is 2. The van der Waals surface area contributed by atoms with E-state index in [9.17, 15) is 14.4 Å². The zero-order chi connectivity index (χ0) is 19.8. The first-order valence-electron chi connectivity index (χ1n) is 8.16. The Kier molecular flexibility index (Phi) is 7.19. The Labute approximate surface area is 161 Å². The summed E-state index contributed by atoms with van der Waals surface area (Å²) in [5, 5.41) is 5.60. The first-order valence-corrected chi connectivity index (χ1v) is 8.53. The molecule has 2 aromatic carbocycles. The molecule has 0 saturated heterocycles. The van der Waals surface area contributed by atoms with Crippen molar-refractivity contribution in [1.82, 2.24) is 0 Å². The van der Waals surface area contributed by atoms with Crippen molar-refractivity contribution in [2.75, 3.05) is 23.8 Å². The van der Waals surface area contributed by atoms with Crippen molar-refractivity contribution in [2.24, 2.45) is 0 Å². The number of halogens is 1. The second-order valence-electron chi connectivity index (χ2n) is 5.51. The fourth-order valence-corrected chi connectivity index (χ4v) is 2.27. The third kappa shape index (κ3) is 6.31. The lowest BCUT2D eigenvalue weighted by Gasteiger charge is -2.09. The Bertz CT molecular complexity index is 854. The molecule has 0 fully saturated rings. The van der Waals surface area contributed by atoms with Crippen molar-refractivity contribution in [3.8, 4) is 0 Å². The maximum atomic E-state index is 12.1. The molecular formula is C19H19ClN2O5. The Morgan fingerprint density at radius 2 is 1.74 bits per heavy atom. The molecule has 2 amide bonds. The molecule has 0 unspecified atom stereocenters. The number of hydrogen-bond donors (Lipinski definition) is 2. The number of aryl methyl sites for hydroxylation is 1. The molecule has 0 saturated carbocycles. The van der Waals surface area contributed by atoms with Gasteiger partial charge in [-0.25, -0.2) is 9.59 Å². The second kappa shape index (κ2) is 9.59. The van der Waals surface area contributed by atoms with Crippen LogP contribution in [0, 0.1) is 6.92 Å². The molecule has 27 heavy (non-hydrogen) atoms. The predicted octanol–water partition coefficient (Wildman–Crippen LogP) is 4.01. The van der Waals surface area contributed by atoms with E-state index >= 15 is 0 Å². The molecular weight excluding hydrogens is 372 g/mol. The van der Waals surface area contributed by atoms with E-state index < -0.39 is 24.6 Å². The highest BCUT2D eigenvalue weighted by atomic mass is 35.5. The molecule has 0 bridgehead atoms. The zero-order valence-electron chi connectivity index (χ0n) is 14.9. The quantitative estimate of drug-likeness (QED) is 0.727.